The van der Waals surface area contributed by atoms with E-state index in [1.165, 1.54) is 11.6 Å². The highest BCUT2D eigenvalue weighted by molar-refractivity contribution is 6.15. The van der Waals surface area contributed by atoms with E-state index in [9.17, 15) is 9.59 Å². The summed E-state index contributed by atoms with van der Waals surface area (Å²) in [4.78, 5) is 23.1. The minimum absolute atomic E-state index is 0.143. The molecular weight excluding hydrogens is 272 g/mol. The van der Waals surface area contributed by atoms with Crippen molar-refractivity contribution in [2.24, 2.45) is 0 Å². The zero-order valence-electron chi connectivity index (χ0n) is 11.7. The fourth-order valence-corrected chi connectivity index (χ4v) is 1.61. The first kappa shape index (κ1) is 14.6. The van der Waals surface area contributed by atoms with Crippen LogP contribution in [0.4, 0.5) is 0 Å². The van der Waals surface area contributed by atoms with Gasteiger partial charge in [-0.3, -0.25) is 4.79 Å². The van der Waals surface area contributed by atoms with Crippen LogP contribution in [0.1, 0.15) is 18.3 Å². The van der Waals surface area contributed by atoms with Gasteiger partial charge < -0.3 is 4.74 Å². The Morgan fingerprint density at radius 1 is 1.29 bits per heavy atom. The molecule has 1 heterocycles. The van der Waals surface area contributed by atoms with E-state index in [-0.39, 0.29) is 18.1 Å². The number of carbonyl (C=O) groups excluding carboxylic acids is 2. The van der Waals surface area contributed by atoms with Crippen molar-refractivity contribution in [2.45, 2.75) is 13.8 Å². The number of ether oxygens (including phenoxy) is 1. The molecule has 1 aromatic heterocycles. The molecule has 108 valence electrons. The lowest BCUT2D eigenvalue weighted by Gasteiger charge is -2.07. The summed E-state index contributed by atoms with van der Waals surface area (Å²) in [6, 6.07) is 9.22. The van der Waals surface area contributed by atoms with Crippen LogP contribution >= 0.6 is 0 Å². The third-order valence-corrected chi connectivity index (χ3v) is 2.57. The number of aromatic nitrogens is 4. The second-order valence-electron chi connectivity index (χ2n) is 4.36. The first-order valence-electron chi connectivity index (χ1n) is 6.26. The van der Waals surface area contributed by atoms with E-state index in [1.807, 2.05) is 30.3 Å². The quantitative estimate of drug-likeness (QED) is 0.604. The summed E-state index contributed by atoms with van der Waals surface area (Å²) in [7, 11) is 0. The molecule has 0 aliphatic heterocycles. The highest BCUT2D eigenvalue weighted by Gasteiger charge is 2.18. The normalized spacial score (nSPS) is 11.2. The summed E-state index contributed by atoms with van der Waals surface area (Å²) < 4.78 is 6.22. The predicted molar refractivity (Wildman–Crippen MR) is 74.8 cm³/mol. The molecule has 21 heavy (non-hydrogen) atoms. The lowest BCUT2D eigenvalue weighted by Crippen LogP contribution is -2.17. The van der Waals surface area contributed by atoms with Crippen molar-refractivity contribution in [1.82, 2.24) is 20.2 Å². The summed E-state index contributed by atoms with van der Waals surface area (Å²) in [6.45, 7) is 2.72. The van der Waals surface area contributed by atoms with E-state index in [2.05, 4.69) is 15.5 Å². The molecule has 0 saturated heterocycles. The monoisotopic (exact) mass is 286 g/mol. The van der Waals surface area contributed by atoms with Crippen LogP contribution in [0.2, 0.25) is 0 Å². The van der Waals surface area contributed by atoms with E-state index in [0.29, 0.717) is 5.82 Å². The molecule has 0 unspecified atom stereocenters. The first-order valence-corrected chi connectivity index (χ1v) is 6.26. The Morgan fingerprint density at radius 3 is 2.57 bits per heavy atom. The third-order valence-electron chi connectivity index (χ3n) is 2.57. The summed E-state index contributed by atoms with van der Waals surface area (Å²) in [5.74, 6) is -0.461. The Morgan fingerprint density at radius 2 is 2.00 bits per heavy atom. The molecule has 0 spiro atoms. The van der Waals surface area contributed by atoms with Crippen LogP contribution in [0, 0.1) is 6.92 Å². The van der Waals surface area contributed by atoms with Gasteiger partial charge in [0.1, 0.15) is 6.61 Å². The Bertz CT molecular complexity index is 677. The van der Waals surface area contributed by atoms with Gasteiger partial charge in [-0.15, -0.1) is 5.10 Å². The molecule has 2 rings (SSSR count). The molecular formula is C14H14N4O3. The van der Waals surface area contributed by atoms with Crippen LogP contribution in [0.5, 0.6) is 0 Å². The summed E-state index contributed by atoms with van der Waals surface area (Å²) in [5, 5.41) is 11.0. The lowest BCUT2D eigenvalue weighted by atomic mass is 10.2. The second-order valence-corrected chi connectivity index (χ2v) is 4.36. The fourth-order valence-electron chi connectivity index (χ4n) is 1.61. The number of hydrogen-bond donors (Lipinski definition) is 0. The SMILES string of the molecule is CC(=O)COC(=O)/C(=C/c1ccccc1)n1nnnc1C. The van der Waals surface area contributed by atoms with Gasteiger partial charge in [-0.05, 0) is 35.9 Å². The van der Waals surface area contributed by atoms with E-state index in [4.69, 9.17) is 4.74 Å². The molecule has 0 N–H and O–H groups in total. The van der Waals surface area contributed by atoms with Crippen molar-refractivity contribution in [3.8, 4) is 0 Å². The van der Waals surface area contributed by atoms with Gasteiger partial charge in [0.15, 0.2) is 17.3 Å². The Hall–Kier alpha value is -2.83. The maximum atomic E-state index is 12.1. The van der Waals surface area contributed by atoms with E-state index in [1.54, 1.807) is 13.0 Å². The number of nitrogens with zero attached hydrogens (tertiary/aromatic N) is 4. The van der Waals surface area contributed by atoms with Crippen molar-refractivity contribution in [2.75, 3.05) is 6.61 Å². The van der Waals surface area contributed by atoms with Gasteiger partial charge in [0.05, 0.1) is 0 Å². The average molecular weight is 286 g/mol. The number of carbonyl (C=O) groups is 2. The van der Waals surface area contributed by atoms with Crippen molar-refractivity contribution >= 4 is 23.5 Å². The minimum Gasteiger partial charge on any atom is -0.453 e. The Labute approximate surface area is 121 Å². The lowest BCUT2D eigenvalue weighted by molar-refractivity contribution is -0.141. The molecule has 0 amide bonds. The van der Waals surface area contributed by atoms with Gasteiger partial charge in [0, 0.05) is 0 Å². The first-order chi connectivity index (χ1) is 10.1. The van der Waals surface area contributed by atoms with Crippen molar-refractivity contribution in [3.05, 3.63) is 41.7 Å². The number of ketones is 1. The molecule has 0 saturated carbocycles. The predicted octanol–water partition coefficient (Wildman–Crippen LogP) is 1.11. The molecule has 1 aromatic carbocycles. The van der Waals surface area contributed by atoms with Crippen molar-refractivity contribution < 1.29 is 14.3 Å². The van der Waals surface area contributed by atoms with Crippen LogP contribution in [0.25, 0.3) is 11.8 Å². The zero-order chi connectivity index (χ0) is 15.2. The number of esters is 1. The number of tetrazole rings is 1. The molecule has 0 atom stereocenters. The topological polar surface area (TPSA) is 87.0 Å². The molecule has 7 nitrogen and oxygen atoms in total. The maximum Gasteiger partial charge on any atom is 0.357 e. The average Bonchev–Trinajstić information content (AvgIpc) is 2.89. The van der Waals surface area contributed by atoms with Crippen LogP contribution in [-0.2, 0) is 14.3 Å². The fraction of sp³-hybridized carbons (Fsp3) is 0.214. The van der Waals surface area contributed by atoms with Gasteiger partial charge in [-0.1, -0.05) is 30.3 Å². The van der Waals surface area contributed by atoms with Crippen molar-refractivity contribution in [3.63, 3.8) is 0 Å². The van der Waals surface area contributed by atoms with Crippen LogP contribution in [-0.4, -0.2) is 38.6 Å². The van der Waals surface area contributed by atoms with E-state index in [0.717, 1.165) is 5.56 Å². The van der Waals surface area contributed by atoms with E-state index >= 15 is 0 Å². The van der Waals surface area contributed by atoms with Crippen LogP contribution < -0.4 is 0 Å². The largest absolute Gasteiger partial charge is 0.453 e. The molecule has 2 aromatic rings. The maximum absolute atomic E-state index is 12.1. The van der Waals surface area contributed by atoms with Crippen LogP contribution in [0.3, 0.4) is 0 Å². The number of aryl methyl sites for hydroxylation is 1. The highest BCUT2D eigenvalue weighted by Crippen LogP contribution is 2.13. The molecule has 0 bridgehead atoms. The summed E-state index contributed by atoms with van der Waals surface area (Å²) in [5.41, 5.74) is 0.937. The van der Waals surface area contributed by atoms with E-state index < -0.39 is 5.97 Å². The van der Waals surface area contributed by atoms with Gasteiger partial charge in [0.25, 0.3) is 0 Å². The minimum atomic E-state index is -0.663. The zero-order valence-corrected chi connectivity index (χ0v) is 11.7. The molecule has 0 aliphatic carbocycles. The molecule has 0 radical (unpaired) electrons. The van der Waals surface area contributed by atoms with Gasteiger partial charge >= 0.3 is 5.97 Å². The highest BCUT2D eigenvalue weighted by atomic mass is 16.5. The molecule has 7 heteroatoms. The number of rotatable bonds is 5. The number of benzene rings is 1. The number of hydrogen-bond acceptors (Lipinski definition) is 6. The van der Waals surface area contributed by atoms with Gasteiger partial charge in [-0.25, -0.2) is 4.79 Å². The third kappa shape index (κ3) is 3.82. The Balaban J connectivity index is 2.36. The number of Topliss-reactive ketones (excluding diaryl/α,β-unsaturated/α-hetero) is 1. The standard InChI is InChI=1S/C14H14N4O3/c1-10(19)9-21-14(20)13(18-11(2)15-16-17-18)8-12-6-4-3-5-7-12/h3-8H,9H2,1-2H3/b13-8-. The molecule has 0 aliphatic rings. The Kier molecular flexibility index (Phi) is 4.55. The van der Waals surface area contributed by atoms with Gasteiger partial charge in [-0.2, -0.15) is 4.68 Å². The smallest absolute Gasteiger partial charge is 0.357 e. The van der Waals surface area contributed by atoms with Crippen LogP contribution in [0.15, 0.2) is 30.3 Å². The second kappa shape index (κ2) is 6.56. The summed E-state index contributed by atoms with van der Waals surface area (Å²) in [6.07, 6.45) is 1.60. The van der Waals surface area contributed by atoms with Gasteiger partial charge in [0.2, 0.25) is 0 Å². The summed E-state index contributed by atoms with van der Waals surface area (Å²) >= 11 is 0. The van der Waals surface area contributed by atoms with Crippen molar-refractivity contribution in [1.29, 1.82) is 0 Å². The molecule has 0 fully saturated rings.